The van der Waals surface area contributed by atoms with Crippen LogP contribution in [0, 0.1) is 0 Å². The summed E-state index contributed by atoms with van der Waals surface area (Å²) in [5, 5.41) is 3.40. The van der Waals surface area contributed by atoms with E-state index in [0.717, 1.165) is 37.5 Å². The summed E-state index contributed by atoms with van der Waals surface area (Å²) in [6.07, 6.45) is 5.34. The van der Waals surface area contributed by atoms with Crippen molar-refractivity contribution >= 4 is 0 Å². The van der Waals surface area contributed by atoms with E-state index in [2.05, 4.69) is 17.2 Å². The third-order valence-electron chi connectivity index (χ3n) is 2.92. The first-order valence-electron chi connectivity index (χ1n) is 5.51. The second kappa shape index (κ2) is 4.77. The molecule has 4 heteroatoms. The van der Waals surface area contributed by atoms with Gasteiger partial charge in [-0.15, -0.1) is 0 Å². The second-order valence-corrected chi connectivity index (χ2v) is 3.98. The van der Waals surface area contributed by atoms with E-state index in [0.29, 0.717) is 12.1 Å². The van der Waals surface area contributed by atoms with Gasteiger partial charge in [0.25, 0.3) is 0 Å². The Hall–Kier alpha value is -0.870. The fraction of sp³-hybridized carbons (Fsp3) is 0.727. The van der Waals surface area contributed by atoms with Gasteiger partial charge in [-0.3, -0.25) is 0 Å². The van der Waals surface area contributed by atoms with Crippen LogP contribution in [0.3, 0.4) is 0 Å². The van der Waals surface area contributed by atoms with Gasteiger partial charge in [-0.1, -0.05) is 6.92 Å². The lowest BCUT2D eigenvalue weighted by Crippen LogP contribution is -2.44. The molecule has 0 spiro atoms. The van der Waals surface area contributed by atoms with Crippen LogP contribution >= 0.6 is 0 Å². The van der Waals surface area contributed by atoms with Gasteiger partial charge in [0, 0.05) is 19.6 Å². The first-order valence-corrected chi connectivity index (χ1v) is 5.51. The highest BCUT2D eigenvalue weighted by Crippen LogP contribution is 2.22. The molecule has 1 aromatic rings. The maximum absolute atomic E-state index is 5.50. The van der Waals surface area contributed by atoms with Crippen molar-refractivity contribution in [2.75, 3.05) is 7.11 Å². The van der Waals surface area contributed by atoms with Crippen molar-refractivity contribution in [3.8, 4) is 0 Å². The minimum atomic E-state index is 0.443. The Labute approximate surface area is 90.0 Å². The van der Waals surface area contributed by atoms with E-state index in [1.807, 2.05) is 0 Å². The van der Waals surface area contributed by atoms with E-state index < -0.39 is 0 Å². The van der Waals surface area contributed by atoms with Gasteiger partial charge in [-0.25, -0.2) is 4.98 Å². The number of methoxy groups -OCH3 is 1. The monoisotopic (exact) mass is 210 g/mol. The minimum absolute atomic E-state index is 0.443. The highest BCUT2D eigenvalue weighted by Gasteiger charge is 2.28. The first kappa shape index (κ1) is 10.6. The smallest absolute Gasteiger partial charge is 0.208 e. The molecule has 1 N–H and O–H groups in total. The summed E-state index contributed by atoms with van der Waals surface area (Å²) >= 11 is 0. The molecule has 1 saturated carbocycles. The van der Waals surface area contributed by atoms with Crippen LogP contribution in [0.4, 0.5) is 0 Å². The molecular formula is C11H18N2O2. The molecular weight excluding hydrogens is 192 g/mol. The van der Waals surface area contributed by atoms with Crippen molar-refractivity contribution in [1.82, 2.24) is 10.3 Å². The molecule has 0 saturated heterocycles. The largest absolute Gasteiger partial charge is 0.444 e. The minimum Gasteiger partial charge on any atom is -0.444 e. The SMILES string of the molecule is CCc1cnc(CNC2CC(OC)C2)o1. The maximum Gasteiger partial charge on any atom is 0.208 e. The summed E-state index contributed by atoms with van der Waals surface area (Å²) < 4.78 is 10.7. The number of hydrogen-bond donors (Lipinski definition) is 1. The fourth-order valence-electron chi connectivity index (χ4n) is 1.75. The van der Waals surface area contributed by atoms with E-state index in [4.69, 9.17) is 9.15 Å². The Bertz CT molecular complexity index is 305. The van der Waals surface area contributed by atoms with E-state index in [-0.39, 0.29) is 0 Å². The van der Waals surface area contributed by atoms with Crippen LogP contribution in [-0.2, 0) is 17.7 Å². The molecule has 1 aliphatic rings. The first-order chi connectivity index (χ1) is 7.31. The number of ether oxygens (including phenoxy) is 1. The maximum atomic E-state index is 5.50. The summed E-state index contributed by atoms with van der Waals surface area (Å²) in [5.74, 6) is 1.74. The molecule has 4 nitrogen and oxygen atoms in total. The highest BCUT2D eigenvalue weighted by atomic mass is 16.5. The Morgan fingerprint density at radius 2 is 2.40 bits per heavy atom. The van der Waals surface area contributed by atoms with Crippen molar-refractivity contribution in [3.63, 3.8) is 0 Å². The van der Waals surface area contributed by atoms with Crippen LogP contribution in [0.1, 0.15) is 31.4 Å². The molecule has 0 atom stereocenters. The summed E-state index contributed by atoms with van der Waals surface area (Å²) in [7, 11) is 1.77. The highest BCUT2D eigenvalue weighted by molar-refractivity contribution is 4.94. The predicted octanol–water partition coefficient (Wildman–Crippen LogP) is 1.50. The topological polar surface area (TPSA) is 47.3 Å². The van der Waals surface area contributed by atoms with Crippen LogP contribution in [0.25, 0.3) is 0 Å². The molecule has 0 radical (unpaired) electrons. The second-order valence-electron chi connectivity index (χ2n) is 3.98. The molecule has 0 aromatic carbocycles. The van der Waals surface area contributed by atoms with Crippen LogP contribution in [-0.4, -0.2) is 24.2 Å². The summed E-state index contributed by atoms with van der Waals surface area (Å²) in [6.45, 7) is 2.79. The third-order valence-corrected chi connectivity index (χ3v) is 2.92. The molecule has 0 amide bonds. The van der Waals surface area contributed by atoms with E-state index >= 15 is 0 Å². The van der Waals surface area contributed by atoms with Crippen molar-refractivity contribution in [2.24, 2.45) is 0 Å². The molecule has 0 bridgehead atoms. The Morgan fingerprint density at radius 3 is 3.00 bits per heavy atom. The quantitative estimate of drug-likeness (QED) is 0.800. The Morgan fingerprint density at radius 1 is 1.60 bits per heavy atom. The lowest BCUT2D eigenvalue weighted by molar-refractivity contribution is 0.0164. The number of aryl methyl sites for hydroxylation is 1. The van der Waals surface area contributed by atoms with E-state index in [9.17, 15) is 0 Å². The average molecular weight is 210 g/mol. The van der Waals surface area contributed by atoms with E-state index in [1.165, 1.54) is 0 Å². The third kappa shape index (κ3) is 2.58. The van der Waals surface area contributed by atoms with Gasteiger partial charge >= 0.3 is 0 Å². The van der Waals surface area contributed by atoms with Crippen molar-refractivity contribution < 1.29 is 9.15 Å². The number of hydrogen-bond acceptors (Lipinski definition) is 4. The van der Waals surface area contributed by atoms with Gasteiger partial charge in [-0.2, -0.15) is 0 Å². The van der Waals surface area contributed by atoms with Crippen LogP contribution < -0.4 is 5.32 Å². The normalized spacial score (nSPS) is 25.2. The standard InChI is InChI=1S/C11H18N2O2/c1-3-9-6-13-11(15-9)7-12-8-4-10(5-8)14-2/h6,8,10,12H,3-5,7H2,1-2H3. The summed E-state index contributed by atoms with van der Waals surface area (Å²) in [6, 6.07) is 0.562. The van der Waals surface area contributed by atoms with E-state index in [1.54, 1.807) is 13.3 Å². The molecule has 84 valence electrons. The van der Waals surface area contributed by atoms with Gasteiger partial charge in [0.05, 0.1) is 18.8 Å². The molecule has 0 unspecified atom stereocenters. The van der Waals surface area contributed by atoms with Gasteiger partial charge in [0.1, 0.15) is 5.76 Å². The number of aromatic nitrogens is 1. The van der Waals surface area contributed by atoms with Gasteiger partial charge < -0.3 is 14.5 Å². The Balaban J connectivity index is 1.70. The lowest BCUT2D eigenvalue weighted by Gasteiger charge is -2.34. The van der Waals surface area contributed by atoms with Crippen LogP contribution in [0.2, 0.25) is 0 Å². The average Bonchev–Trinajstić information content (AvgIpc) is 2.64. The molecule has 2 rings (SSSR count). The fourth-order valence-corrected chi connectivity index (χ4v) is 1.75. The Kier molecular flexibility index (Phi) is 3.38. The number of rotatable bonds is 5. The van der Waals surface area contributed by atoms with Gasteiger partial charge in [0.2, 0.25) is 5.89 Å². The lowest BCUT2D eigenvalue weighted by atomic mass is 9.89. The summed E-state index contributed by atoms with van der Waals surface area (Å²) in [5.41, 5.74) is 0. The number of nitrogens with one attached hydrogen (secondary N) is 1. The van der Waals surface area contributed by atoms with Crippen LogP contribution in [0.15, 0.2) is 10.6 Å². The molecule has 1 aromatic heterocycles. The van der Waals surface area contributed by atoms with Crippen LogP contribution in [0.5, 0.6) is 0 Å². The van der Waals surface area contributed by atoms with Crippen molar-refractivity contribution in [2.45, 2.75) is 44.9 Å². The zero-order valence-electron chi connectivity index (χ0n) is 9.32. The summed E-state index contributed by atoms with van der Waals surface area (Å²) in [4.78, 5) is 4.20. The zero-order chi connectivity index (χ0) is 10.7. The van der Waals surface area contributed by atoms with Gasteiger partial charge in [0.15, 0.2) is 0 Å². The molecule has 1 heterocycles. The molecule has 1 aliphatic carbocycles. The molecule has 1 fully saturated rings. The van der Waals surface area contributed by atoms with Gasteiger partial charge in [-0.05, 0) is 12.8 Å². The van der Waals surface area contributed by atoms with Crippen molar-refractivity contribution in [3.05, 3.63) is 17.8 Å². The van der Waals surface area contributed by atoms with Crippen molar-refractivity contribution in [1.29, 1.82) is 0 Å². The predicted molar refractivity (Wildman–Crippen MR) is 56.5 cm³/mol. The molecule has 15 heavy (non-hydrogen) atoms. The number of nitrogens with zero attached hydrogens (tertiary/aromatic N) is 1. The zero-order valence-corrected chi connectivity index (χ0v) is 9.32. The molecule has 0 aliphatic heterocycles. The number of oxazole rings is 1.